The van der Waals surface area contributed by atoms with E-state index in [0.29, 0.717) is 139 Å². The van der Waals surface area contributed by atoms with Gasteiger partial charge in [-0.25, -0.2) is 14.4 Å². The number of fused-ring (bicyclic) bond motifs is 6. The van der Waals surface area contributed by atoms with Gasteiger partial charge in [-0.3, -0.25) is 38.4 Å². The Bertz CT molecular complexity index is 4470. The molecule has 2 saturated carbocycles. The predicted molar refractivity (Wildman–Crippen MR) is 520 cm³/mol. The Morgan fingerprint density at radius 2 is 0.855 bits per heavy atom. The lowest BCUT2D eigenvalue weighted by Gasteiger charge is -2.42. The van der Waals surface area contributed by atoms with E-state index < -0.39 is 186 Å². The van der Waals surface area contributed by atoms with Crippen LogP contribution >= 0.6 is 0 Å². The summed E-state index contributed by atoms with van der Waals surface area (Å²) in [5.74, 6) is -16.7. The van der Waals surface area contributed by atoms with E-state index in [1.54, 1.807) is 106 Å². The number of aliphatic hydroxyl groups is 5. The van der Waals surface area contributed by atoms with Gasteiger partial charge in [-0.2, -0.15) is 0 Å². The highest BCUT2D eigenvalue weighted by molar-refractivity contribution is 6.39. The van der Waals surface area contributed by atoms with Gasteiger partial charge < -0.3 is 87.4 Å². The number of cyclic esters (lactones) is 2. The van der Waals surface area contributed by atoms with Crippen LogP contribution in [0, 0.1) is 71.0 Å². The first-order valence-corrected chi connectivity index (χ1v) is 50.4. The Morgan fingerprint density at radius 3 is 1.25 bits per heavy atom. The van der Waals surface area contributed by atoms with Gasteiger partial charge in [0.2, 0.25) is 11.6 Å². The summed E-state index contributed by atoms with van der Waals surface area (Å²) in [4.78, 5) is 157. The molecule has 1 aromatic carbocycles. The largest absolute Gasteiger partial charge is 0.460 e. The highest BCUT2D eigenvalue weighted by Gasteiger charge is 2.56. The summed E-state index contributed by atoms with van der Waals surface area (Å²) in [6, 6.07) is 6.45. The highest BCUT2D eigenvalue weighted by Crippen LogP contribution is 2.43. The molecule has 8 aliphatic rings. The number of ketones is 6. The molecular formula is C109H162N2O27. The molecule has 29 nitrogen and oxygen atoms in total. The summed E-state index contributed by atoms with van der Waals surface area (Å²) in [5, 5.41) is 57.4. The van der Waals surface area contributed by atoms with E-state index in [0.717, 1.165) is 17.6 Å². The first kappa shape index (κ1) is 115. The van der Waals surface area contributed by atoms with Crippen LogP contribution in [0.3, 0.4) is 0 Å². The van der Waals surface area contributed by atoms with Crippen LogP contribution in [0.2, 0.25) is 0 Å². The number of methoxy groups -OCH3 is 6. The standard InChI is InChI=1S/C58H83NO14.C51H79NO13/c1-35-19-13-11-14-20-36(2)48(68-8)33-44-26-24-41(7)58(67,73-44)54(63)55(64)59-28-18-17-23-45(59)57(66)72-49(34-46(60)37(3)30-40(6)52(62)53(70-10)51(61)39(5)29-35)38(4)31-42-25-27-47(50(32-42)69-9)71-56(65)43-21-15-12-16-22-43;1-30-16-12-11-13-17-31(2)42(61-8)28-38-21-19-36(7)51(60,65-38)48(57)49(58)52-23-15-14-18-39(52)50(59)64-43(33(4)26-37-20-22-40(53)44(27-37)62-9)29-41(54)32(3)25-35(6)46(56)47(63-10)45(55)34(5)24-30/h11-16,19-22,30,35,37-39,41-42,44-45,47-50,52-53,62,67H,17-18,23-29,31-34H2,1-10H3;11-13,16-17,25,30,32-34,36-40,42-44,46-47,53,56,60H,14-15,18-24,26-29H2,1-10H3/b14-11?,19-13+,36-20?,40-30+;13-11?,16-12+,31-17?,35-25+/t35-,37-,38-,39-,41-,42+,44+,45+,47-,48+,49+,50-,52-,53+,58-;30-,32-,33-,34-,36-,37+,38+,39+,40-,42+,43+,44-,46-,47+,51-/m11/s1. The van der Waals surface area contributed by atoms with Crippen molar-refractivity contribution in [3.8, 4) is 0 Å². The summed E-state index contributed by atoms with van der Waals surface area (Å²) >= 11 is 0. The van der Waals surface area contributed by atoms with Gasteiger partial charge in [0.05, 0.1) is 48.3 Å². The fraction of sp³-hybridized carbons (Fsp3) is 0.697. The summed E-state index contributed by atoms with van der Waals surface area (Å²) in [6.07, 6.45) is 22.0. The van der Waals surface area contributed by atoms with Crippen LogP contribution in [0.25, 0.3) is 0 Å². The zero-order valence-electron chi connectivity index (χ0n) is 85.5. The van der Waals surface area contributed by atoms with Crippen molar-refractivity contribution < 1.29 is 130 Å². The Labute approximate surface area is 818 Å². The van der Waals surface area contributed by atoms with Crippen molar-refractivity contribution in [2.24, 2.45) is 71.0 Å². The van der Waals surface area contributed by atoms with Gasteiger partial charge >= 0.3 is 17.9 Å². The third-order valence-corrected chi connectivity index (χ3v) is 30.2. The van der Waals surface area contributed by atoms with Crippen LogP contribution in [0.15, 0.2) is 126 Å². The fourth-order valence-electron chi connectivity index (χ4n) is 21.1. The van der Waals surface area contributed by atoms with Gasteiger partial charge in [0.1, 0.15) is 66.4 Å². The molecule has 770 valence electrons. The van der Waals surface area contributed by atoms with Crippen LogP contribution in [-0.2, 0) is 100 Å². The van der Waals surface area contributed by atoms with E-state index >= 15 is 0 Å². The third-order valence-electron chi connectivity index (χ3n) is 30.2. The highest BCUT2D eigenvalue weighted by atomic mass is 16.6. The number of allylic oxidation sites excluding steroid dienone is 12. The second-order valence-corrected chi connectivity index (χ2v) is 40.9. The lowest BCUT2D eigenvalue weighted by molar-refractivity contribution is -0.265. The van der Waals surface area contributed by atoms with Gasteiger partial charge in [-0.05, 0) is 226 Å². The average Bonchev–Trinajstić information content (AvgIpc) is 0.773. The number of nitrogens with zero attached hydrogens (tertiary/aromatic N) is 2. The van der Waals surface area contributed by atoms with Crippen LogP contribution in [0.4, 0.5) is 0 Å². The molecule has 138 heavy (non-hydrogen) atoms. The lowest BCUT2D eigenvalue weighted by Crippen LogP contribution is -2.61. The lowest BCUT2D eigenvalue weighted by atomic mass is 9.78. The number of aliphatic hydroxyl groups excluding tert-OH is 3. The number of carbonyl (C=O) groups is 11. The summed E-state index contributed by atoms with van der Waals surface area (Å²) in [5.41, 5.74) is 2.95. The molecule has 2 amide bonds. The van der Waals surface area contributed by atoms with Crippen molar-refractivity contribution in [1.82, 2.24) is 9.80 Å². The molecule has 6 heterocycles. The minimum atomic E-state index is -2.45. The molecular weight excluding hydrogens is 1770 g/mol. The Balaban J connectivity index is 0.000000341. The predicted octanol–water partition coefficient (Wildman–Crippen LogP) is 14.2. The average molecular weight is 1930 g/mol. The summed E-state index contributed by atoms with van der Waals surface area (Å²) in [6.45, 7) is 25.4. The molecule has 6 aliphatic heterocycles. The van der Waals surface area contributed by atoms with Crippen LogP contribution in [0.5, 0.6) is 0 Å². The molecule has 2 aliphatic carbocycles. The van der Waals surface area contributed by atoms with Gasteiger partial charge in [0.25, 0.3) is 23.4 Å². The number of hydrogen-bond donors (Lipinski definition) is 5. The number of amides is 2. The zero-order chi connectivity index (χ0) is 102. The zero-order valence-corrected chi connectivity index (χ0v) is 85.5. The number of rotatable bonds is 14. The van der Waals surface area contributed by atoms with E-state index in [1.807, 2.05) is 122 Å². The normalized spacial score (nSPS) is 37.5. The molecule has 0 radical (unpaired) electrons. The number of ether oxygens (including phenoxy) is 11. The maximum Gasteiger partial charge on any atom is 0.338 e. The van der Waals surface area contributed by atoms with E-state index in [4.69, 9.17) is 52.1 Å². The Hall–Kier alpha value is -8.01. The smallest absolute Gasteiger partial charge is 0.338 e. The molecule has 1 aromatic rings. The van der Waals surface area contributed by atoms with E-state index in [9.17, 15) is 78.3 Å². The summed E-state index contributed by atoms with van der Waals surface area (Å²) < 4.78 is 65.1. The molecule has 5 N–H and O–H groups in total. The van der Waals surface area contributed by atoms with Crippen LogP contribution < -0.4 is 0 Å². The number of Topliss-reactive ketones (excluding diaryl/α,β-unsaturated/α-hetero) is 6. The Kier molecular flexibility index (Phi) is 45.9. The topological polar surface area (TPSA) is 397 Å². The maximum absolute atomic E-state index is 14.6. The number of hydrogen-bond acceptors (Lipinski definition) is 27. The summed E-state index contributed by atoms with van der Waals surface area (Å²) in [7, 11) is 9.05. The fourth-order valence-corrected chi connectivity index (χ4v) is 21.1. The minimum Gasteiger partial charge on any atom is -0.460 e. The first-order valence-electron chi connectivity index (χ1n) is 50.4. The van der Waals surface area contributed by atoms with Gasteiger partial charge in [0, 0.05) is 117 Å². The van der Waals surface area contributed by atoms with Crippen LogP contribution in [-0.4, -0.2) is 265 Å². The Morgan fingerprint density at radius 1 is 0.449 bits per heavy atom. The van der Waals surface area contributed by atoms with Gasteiger partial charge in [0.15, 0.2) is 11.6 Å². The number of benzene rings is 1. The second-order valence-electron chi connectivity index (χ2n) is 40.9. The van der Waals surface area contributed by atoms with Gasteiger partial charge in [-0.15, -0.1) is 0 Å². The molecule has 0 unspecified atom stereocenters. The molecule has 29 heteroatoms. The molecule has 30 atom stereocenters. The second kappa shape index (κ2) is 55.0. The molecule has 0 spiro atoms. The van der Waals surface area contributed by atoms with Crippen molar-refractivity contribution in [1.29, 1.82) is 0 Å². The first-order chi connectivity index (χ1) is 65.5. The van der Waals surface area contributed by atoms with E-state index in [-0.39, 0.29) is 97.6 Å². The minimum absolute atomic E-state index is 0.00536. The molecule has 4 saturated heterocycles. The van der Waals surface area contributed by atoms with Crippen molar-refractivity contribution in [2.45, 2.75) is 360 Å². The quantitative estimate of drug-likeness (QED) is 0.0500. The van der Waals surface area contributed by atoms with Crippen molar-refractivity contribution >= 4 is 64.4 Å². The molecule has 9 rings (SSSR count). The van der Waals surface area contributed by atoms with Crippen molar-refractivity contribution in [3.05, 3.63) is 131 Å². The van der Waals surface area contributed by atoms with Crippen LogP contribution in [0.1, 0.15) is 261 Å². The van der Waals surface area contributed by atoms with Crippen molar-refractivity contribution in [2.75, 3.05) is 55.7 Å². The number of carbonyl (C=O) groups excluding carboxylic acids is 11. The third kappa shape index (κ3) is 31.5. The monoisotopic (exact) mass is 1930 g/mol. The number of esters is 3. The molecule has 6 fully saturated rings. The SMILES string of the molecule is CO[C@H]1C[C@@H]2CC[C@@H](C)[C@@](O)(O2)C(=O)C(=O)N2CCCC[C@H]2C(=O)O[C@H]([C@H](C)C[C@@H]2CC[C@@H](O)[C@H](OC)C2)CC(=O)[C@H](C)/C=C(\C)[C@@H](O)[C@@H](OC)C(=O)[C@H](C)C[C@H](C)/C=C/C=CC=C1C.CO[C@H]1C[C@@H]2CC[C@@H](C)[C@@](O)(O2)C(=O)C(=O)N2CCCC[C@H]2C(=O)O[C@H]([C@H](C)C[C@@H]2CC[C@@H](OC(=O)c3ccccc3)[C@H](OC)C2)CC(=O)[C@H](C)/C=C(\C)[C@@H](O)[C@@H](OC)C(=O)[C@H](C)C[C@H](C)/C=C/C=CC=C1C. The molecule has 0 aromatic heterocycles. The molecule has 4 bridgehead atoms. The van der Waals surface area contributed by atoms with Gasteiger partial charge in [-0.1, -0.05) is 160 Å². The van der Waals surface area contributed by atoms with Crippen molar-refractivity contribution in [3.63, 3.8) is 0 Å². The van der Waals surface area contributed by atoms with E-state index in [2.05, 4.69) is 0 Å². The number of piperidine rings is 2. The maximum atomic E-state index is 14.6. The van der Waals surface area contributed by atoms with E-state index in [1.165, 1.54) is 24.0 Å².